The molecule has 0 fully saturated rings. The number of aliphatic imine (C=N–C) groups is 1. The number of nitrogens with zero attached hydrogens (tertiary/aromatic N) is 2. The molecule has 0 unspecified atom stereocenters. The van der Waals surface area contributed by atoms with Gasteiger partial charge in [-0.2, -0.15) is 0 Å². The zero-order valence-corrected chi connectivity index (χ0v) is 18.4. The third-order valence-electron chi connectivity index (χ3n) is 4.01. The van der Waals surface area contributed by atoms with Gasteiger partial charge in [0.2, 0.25) is 5.89 Å². The molecule has 0 saturated carbocycles. The van der Waals surface area contributed by atoms with Crippen LogP contribution in [0.25, 0.3) is 0 Å². The summed E-state index contributed by atoms with van der Waals surface area (Å²) in [4.78, 5) is 8.62. The van der Waals surface area contributed by atoms with E-state index in [1.807, 2.05) is 0 Å². The molecule has 1 aromatic carbocycles. The van der Waals surface area contributed by atoms with Crippen molar-refractivity contribution < 1.29 is 9.15 Å². The maximum absolute atomic E-state index is 6.12. The molecule has 1 aromatic heterocycles. The third kappa shape index (κ3) is 6.59. The van der Waals surface area contributed by atoms with Gasteiger partial charge in [-0.05, 0) is 39.3 Å². The lowest BCUT2D eigenvalue weighted by Gasteiger charge is -2.24. The van der Waals surface area contributed by atoms with Gasteiger partial charge in [0.15, 0.2) is 5.96 Å². The molecule has 0 aliphatic heterocycles. The minimum atomic E-state index is -0.252. The lowest BCUT2D eigenvalue weighted by Crippen LogP contribution is -2.36. The Hall–Kier alpha value is -2.50. The number of nitrogens with one attached hydrogen (secondary N) is 2. The van der Waals surface area contributed by atoms with Crippen LogP contribution < -0.4 is 15.4 Å². The molecule has 0 amide bonds. The molecule has 2 N–H and O–H groups in total. The van der Waals surface area contributed by atoms with Gasteiger partial charge in [-0.25, -0.2) is 4.98 Å². The number of guanidine groups is 1. The maximum atomic E-state index is 6.12. The lowest BCUT2D eigenvalue weighted by molar-refractivity contribution is 0.129. The second-order valence-corrected chi connectivity index (χ2v) is 8.97. The summed E-state index contributed by atoms with van der Waals surface area (Å²) in [5.74, 6) is 3.08. The van der Waals surface area contributed by atoms with Crippen LogP contribution in [0.1, 0.15) is 64.3 Å². The standard InChI is InChI=1S/C22H34N4O2/c1-15-9-10-16(17(11-15)28-22(5,6)7)12-25-20(23-8)26-14-19-24-13-18(27-19)21(2,3)4/h9-11,13H,12,14H2,1-8H3,(H2,23,25,26). The highest BCUT2D eigenvalue weighted by Gasteiger charge is 2.19. The van der Waals surface area contributed by atoms with E-state index in [9.17, 15) is 0 Å². The molecule has 0 bridgehead atoms. The molecule has 0 spiro atoms. The highest BCUT2D eigenvalue weighted by Crippen LogP contribution is 2.25. The van der Waals surface area contributed by atoms with Crippen molar-refractivity contribution in [2.45, 2.75) is 72.6 Å². The molecule has 0 aliphatic rings. The summed E-state index contributed by atoms with van der Waals surface area (Å²) in [5.41, 5.74) is 1.94. The van der Waals surface area contributed by atoms with Crippen LogP contribution in [-0.2, 0) is 18.5 Å². The van der Waals surface area contributed by atoms with E-state index in [-0.39, 0.29) is 11.0 Å². The first kappa shape index (κ1) is 21.8. The van der Waals surface area contributed by atoms with Gasteiger partial charge in [0, 0.05) is 24.6 Å². The molecule has 28 heavy (non-hydrogen) atoms. The number of aromatic nitrogens is 1. The lowest BCUT2D eigenvalue weighted by atomic mass is 9.94. The van der Waals surface area contributed by atoms with Crippen LogP contribution in [0.5, 0.6) is 5.75 Å². The predicted molar refractivity (Wildman–Crippen MR) is 114 cm³/mol. The Morgan fingerprint density at radius 1 is 1.11 bits per heavy atom. The first-order valence-corrected chi connectivity index (χ1v) is 9.66. The van der Waals surface area contributed by atoms with Crippen LogP contribution in [0, 0.1) is 6.92 Å². The fourth-order valence-electron chi connectivity index (χ4n) is 2.53. The number of ether oxygens (including phenoxy) is 1. The van der Waals surface area contributed by atoms with Gasteiger partial charge in [-0.3, -0.25) is 4.99 Å². The van der Waals surface area contributed by atoms with E-state index >= 15 is 0 Å². The summed E-state index contributed by atoms with van der Waals surface area (Å²) in [7, 11) is 1.74. The van der Waals surface area contributed by atoms with Gasteiger partial charge in [0.05, 0.1) is 12.7 Å². The molecule has 154 valence electrons. The van der Waals surface area contributed by atoms with E-state index in [0.29, 0.717) is 24.9 Å². The SMILES string of the molecule is CN=C(NCc1ncc(C(C)(C)C)o1)NCc1ccc(C)cc1OC(C)(C)C. The number of hydrogen-bond acceptors (Lipinski definition) is 4. The molecule has 6 nitrogen and oxygen atoms in total. The molecular formula is C22H34N4O2. The van der Waals surface area contributed by atoms with Gasteiger partial charge in [0.1, 0.15) is 17.1 Å². The molecule has 2 aromatic rings. The van der Waals surface area contributed by atoms with Gasteiger partial charge >= 0.3 is 0 Å². The van der Waals surface area contributed by atoms with E-state index in [4.69, 9.17) is 9.15 Å². The second-order valence-electron chi connectivity index (χ2n) is 8.97. The smallest absolute Gasteiger partial charge is 0.213 e. The molecule has 0 atom stereocenters. The van der Waals surface area contributed by atoms with Gasteiger partial charge in [-0.1, -0.05) is 32.9 Å². The number of hydrogen-bond donors (Lipinski definition) is 2. The predicted octanol–water partition coefficient (Wildman–Crippen LogP) is 4.32. The quantitative estimate of drug-likeness (QED) is 0.591. The van der Waals surface area contributed by atoms with Crippen LogP contribution in [0.4, 0.5) is 0 Å². The second kappa shape index (κ2) is 8.67. The molecule has 0 aliphatic carbocycles. The summed E-state index contributed by atoms with van der Waals surface area (Å²) in [6.07, 6.45) is 1.79. The van der Waals surface area contributed by atoms with Crippen LogP contribution >= 0.6 is 0 Å². The molecule has 0 saturated heterocycles. The summed E-state index contributed by atoms with van der Waals surface area (Å²) in [5, 5.41) is 6.57. The highest BCUT2D eigenvalue weighted by atomic mass is 16.5. The van der Waals surface area contributed by atoms with Crippen LogP contribution in [-0.4, -0.2) is 23.6 Å². The average molecular weight is 387 g/mol. The Balaban J connectivity index is 1.98. The number of aryl methyl sites for hydroxylation is 1. The highest BCUT2D eigenvalue weighted by molar-refractivity contribution is 5.79. The van der Waals surface area contributed by atoms with Crippen molar-refractivity contribution in [1.29, 1.82) is 0 Å². The van der Waals surface area contributed by atoms with Gasteiger partial charge in [0.25, 0.3) is 0 Å². The van der Waals surface area contributed by atoms with Crippen molar-refractivity contribution in [3.8, 4) is 5.75 Å². The topological polar surface area (TPSA) is 71.7 Å². The molecule has 6 heteroatoms. The largest absolute Gasteiger partial charge is 0.488 e. The fraction of sp³-hybridized carbons (Fsp3) is 0.545. The van der Waals surface area contributed by atoms with Crippen molar-refractivity contribution in [2.75, 3.05) is 7.05 Å². The van der Waals surface area contributed by atoms with E-state index < -0.39 is 0 Å². The monoisotopic (exact) mass is 386 g/mol. The summed E-state index contributed by atoms with van der Waals surface area (Å²) in [6, 6.07) is 6.24. The molecule has 2 rings (SSSR count). The molecule has 0 radical (unpaired) electrons. The Morgan fingerprint density at radius 3 is 2.36 bits per heavy atom. The average Bonchev–Trinajstić information content (AvgIpc) is 3.04. The first-order valence-electron chi connectivity index (χ1n) is 9.66. The van der Waals surface area contributed by atoms with Crippen molar-refractivity contribution in [3.05, 3.63) is 47.2 Å². The van der Waals surface area contributed by atoms with Crippen LogP contribution in [0.3, 0.4) is 0 Å². The Labute approximate surface area is 168 Å². The first-order chi connectivity index (χ1) is 13.0. The fourth-order valence-corrected chi connectivity index (χ4v) is 2.53. The Kier molecular flexibility index (Phi) is 6.75. The van der Waals surface area contributed by atoms with E-state index in [0.717, 1.165) is 17.1 Å². The third-order valence-corrected chi connectivity index (χ3v) is 4.01. The van der Waals surface area contributed by atoms with Gasteiger partial charge in [-0.15, -0.1) is 0 Å². The van der Waals surface area contributed by atoms with Crippen LogP contribution in [0.2, 0.25) is 0 Å². The zero-order valence-electron chi connectivity index (χ0n) is 18.4. The number of oxazole rings is 1. The number of benzene rings is 1. The minimum absolute atomic E-state index is 0.0555. The summed E-state index contributed by atoms with van der Waals surface area (Å²) >= 11 is 0. The van der Waals surface area contributed by atoms with Crippen molar-refractivity contribution in [3.63, 3.8) is 0 Å². The van der Waals surface area contributed by atoms with Gasteiger partial charge < -0.3 is 19.8 Å². The molecule has 1 heterocycles. The van der Waals surface area contributed by atoms with E-state index in [2.05, 4.69) is 87.3 Å². The maximum Gasteiger partial charge on any atom is 0.213 e. The zero-order chi connectivity index (χ0) is 20.9. The number of rotatable bonds is 5. The van der Waals surface area contributed by atoms with E-state index in [1.54, 1.807) is 13.2 Å². The van der Waals surface area contributed by atoms with Crippen molar-refractivity contribution >= 4 is 5.96 Å². The normalized spacial score (nSPS) is 12.8. The Bertz CT molecular complexity index is 811. The van der Waals surface area contributed by atoms with Crippen molar-refractivity contribution in [1.82, 2.24) is 15.6 Å². The van der Waals surface area contributed by atoms with Crippen molar-refractivity contribution in [2.24, 2.45) is 4.99 Å². The van der Waals surface area contributed by atoms with Crippen LogP contribution in [0.15, 0.2) is 33.8 Å². The minimum Gasteiger partial charge on any atom is -0.488 e. The Morgan fingerprint density at radius 2 is 1.79 bits per heavy atom. The van der Waals surface area contributed by atoms with E-state index in [1.165, 1.54) is 5.56 Å². The summed E-state index contributed by atoms with van der Waals surface area (Å²) in [6.45, 7) is 15.6. The summed E-state index contributed by atoms with van der Waals surface area (Å²) < 4.78 is 11.9. The molecular weight excluding hydrogens is 352 g/mol.